The number of nitrogens with one attached hydrogen (secondary N) is 1. The van der Waals surface area contributed by atoms with Crippen LogP contribution in [0.25, 0.3) is 11.0 Å². The summed E-state index contributed by atoms with van der Waals surface area (Å²) in [6.45, 7) is 2.15. The van der Waals surface area contributed by atoms with Crippen molar-refractivity contribution in [3.05, 3.63) is 18.3 Å². The minimum absolute atomic E-state index is 0.0522. The highest BCUT2D eigenvalue weighted by molar-refractivity contribution is 8.13. The third-order valence-electron chi connectivity index (χ3n) is 3.30. The molecule has 3 rings (SSSR count). The van der Waals surface area contributed by atoms with Gasteiger partial charge in [-0.05, 0) is 18.1 Å². The van der Waals surface area contributed by atoms with Crippen molar-refractivity contribution in [2.45, 2.75) is 13.3 Å². The molecule has 0 aliphatic carbocycles. The van der Waals surface area contributed by atoms with E-state index in [4.69, 9.17) is 0 Å². The first kappa shape index (κ1) is 13.1. The molecule has 1 saturated heterocycles. The van der Waals surface area contributed by atoms with Crippen molar-refractivity contribution in [3.8, 4) is 0 Å². The van der Waals surface area contributed by atoms with E-state index in [2.05, 4.69) is 15.2 Å². The molecule has 7 heteroatoms. The highest BCUT2D eigenvalue weighted by atomic mass is 32.2. The maximum absolute atomic E-state index is 12.1. The Kier molecular flexibility index (Phi) is 3.43. The fourth-order valence-electron chi connectivity index (χ4n) is 2.38. The molecule has 6 nitrogen and oxygen atoms in total. The van der Waals surface area contributed by atoms with Gasteiger partial charge >= 0.3 is 0 Å². The topological polar surface area (TPSA) is 79.0 Å². The van der Waals surface area contributed by atoms with Gasteiger partial charge in [-0.25, -0.2) is 4.98 Å². The van der Waals surface area contributed by atoms with E-state index < -0.39 is 0 Å². The van der Waals surface area contributed by atoms with Gasteiger partial charge in [-0.15, -0.1) is 0 Å². The third-order valence-corrected chi connectivity index (χ3v) is 4.34. The molecule has 1 amide bonds. The van der Waals surface area contributed by atoms with E-state index in [0.29, 0.717) is 30.2 Å². The van der Waals surface area contributed by atoms with Gasteiger partial charge in [0.2, 0.25) is 5.91 Å². The second-order valence-corrected chi connectivity index (χ2v) is 6.02. The minimum Gasteiger partial charge on any atom is -0.294 e. The van der Waals surface area contributed by atoms with Crippen molar-refractivity contribution in [1.29, 1.82) is 0 Å². The zero-order valence-corrected chi connectivity index (χ0v) is 11.8. The van der Waals surface area contributed by atoms with Gasteiger partial charge < -0.3 is 0 Å². The van der Waals surface area contributed by atoms with Gasteiger partial charge in [0, 0.05) is 31.8 Å². The lowest BCUT2D eigenvalue weighted by molar-refractivity contribution is -0.117. The molecule has 0 aromatic carbocycles. The average Bonchev–Trinajstić information content (AvgIpc) is 2.99. The van der Waals surface area contributed by atoms with E-state index in [9.17, 15) is 9.59 Å². The van der Waals surface area contributed by atoms with E-state index >= 15 is 0 Å². The number of anilines is 1. The monoisotopic (exact) mass is 290 g/mol. The number of rotatable bonds is 3. The molecule has 1 aliphatic rings. The van der Waals surface area contributed by atoms with Gasteiger partial charge in [-0.2, -0.15) is 5.10 Å². The van der Waals surface area contributed by atoms with Crippen LogP contribution in [0.3, 0.4) is 0 Å². The molecule has 1 N–H and O–H groups in total. The first-order valence-electron chi connectivity index (χ1n) is 6.38. The van der Waals surface area contributed by atoms with E-state index in [-0.39, 0.29) is 16.9 Å². The van der Waals surface area contributed by atoms with E-state index in [1.807, 2.05) is 12.1 Å². The van der Waals surface area contributed by atoms with Crippen LogP contribution in [-0.4, -0.2) is 38.5 Å². The van der Waals surface area contributed by atoms with Crippen LogP contribution in [0.2, 0.25) is 0 Å². The fourth-order valence-corrected chi connectivity index (χ4v) is 3.07. The van der Waals surface area contributed by atoms with Crippen LogP contribution in [0.5, 0.6) is 0 Å². The second-order valence-electron chi connectivity index (χ2n) is 4.82. The summed E-state index contributed by atoms with van der Waals surface area (Å²) in [7, 11) is 0. The molecule has 0 bridgehead atoms. The molecular formula is C13H14N4O2S. The highest BCUT2D eigenvalue weighted by Crippen LogP contribution is 2.30. The summed E-state index contributed by atoms with van der Waals surface area (Å²) in [4.78, 5) is 29.0. The largest absolute Gasteiger partial charge is 0.294 e. The Morgan fingerprint density at radius 3 is 3.25 bits per heavy atom. The van der Waals surface area contributed by atoms with Crippen LogP contribution in [0, 0.1) is 5.92 Å². The Bertz CT molecular complexity index is 669. The molecule has 1 unspecified atom stereocenters. The van der Waals surface area contributed by atoms with Gasteiger partial charge in [-0.1, -0.05) is 11.8 Å². The minimum atomic E-state index is 0.0522. The summed E-state index contributed by atoms with van der Waals surface area (Å²) in [6.07, 6.45) is 2.15. The number of fused-ring (bicyclic) bond motifs is 1. The van der Waals surface area contributed by atoms with Crippen LogP contribution < -0.4 is 4.90 Å². The summed E-state index contributed by atoms with van der Waals surface area (Å²) in [5.74, 6) is 1.56. The van der Waals surface area contributed by atoms with Crippen LogP contribution in [0.1, 0.15) is 13.3 Å². The van der Waals surface area contributed by atoms with E-state index in [0.717, 1.165) is 5.39 Å². The van der Waals surface area contributed by atoms with E-state index in [1.54, 1.807) is 18.0 Å². The number of aromatic amines is 1. The summed E-state index contributed by atoms with van der Waals surface area (Å²) < 4.78 is 0. The Morgan fingerprint density at radius 1 is 1.60 bits per heavy atom. The Hall–Kier alpha value is -1.89. The molecule has 2 aromatic rings. The van der Waals surface area contributed by atoms with Crippen molar-refractivity contribution in [2.24, 2.45) is 5.92 Å². The molecule has 3 heterocycles. The highest BCUT2D eigenvalue weighted by Gasteiger charge is 2.33. The normalized spacial score (nSPS) is 18.9. The lowest BCUT2D eigenvalue weighted by atomic mass is 10.1. The molecule has 1 atom stereocenters. The SMILES string of the molecule is CC(=O)SCC1CC(=O)N(c2n[nH]c3ncccc23)C1. The third kappa shape index (κ3) is 2.40. The molecule has 104 valence electrons. The van der Waals surface area contributed by atoms with Gasteiger partial charge in [0.1, 0.15) is 0 Å². The number of hydrogen-bond donors (Lipinski definition) is 1. The number of pyridine rings is 1. The molecule has 1 aliphatic heterocycles. The summed E-state index contributed by atoms with van der Waals surface area (Å²) in [5.41, 5.74) is 0.678. The van der Waals surface area contributed by atoms with Crippen LogP contribution >= 0.6 is 11.8 Å². The smallest absolute Gasteiger partial charge is 0.228 e. The lowest BCUT2D eigenvalue weighted by Crippen LogP contribution is -2.25. The number of carbonyl (C=O) groups excluding carboxylic acids is 2. The maximum atomic E-state index is 12.1. The molecule has 2 aromatic heterocycles. The molecule has 0 spiro atoms. The Morgan fingerprint density at radius 2 is 2.45 bits per heavy atom. The van der Waals surface area contributed by atoms with Gasteiger partial charge in [-0.3, -0.25) is 19.6 Å². The van der Waals surface area contributed by atoms with Gasteiger partial charge in [0.15, 0.2) is 16.6 Å². The zero-order chi connectivity index (χ0) is 14.1. The standard InChI is InChI=1S/C13H14N4O2S/c1-8(18)20-7-9-5-11(19)17(6-9)13-10-3-2-4-14-12(10)15-16-13/h2-4,9H,5-7H2,1H3,(H,14,15,16). The quantitative estimate of drug-likeness (QED) is 0.928. The van der Waals surface area contributed by atoms with Crippen LogP contribution in [-0.2, 0) is 9.59 Å². The van der Waals surface area contributed by atoms with Gasteiger partial charge in [0.05, 0.1) is 5.39 Å². The maximum Gasteiger partial charge on any atom is 0.228 e. The molecule has 20 heavy (non-hydrogen) atoms. The number of thioether (sulfide) groups is 1. The molecule has 1 fully saturated rings. The number of aromatic nitrogens is 3. The molecule has 0 radical (unpaired) electrons. The van der Waals surface area contributed by atoms with Crippen molar-refractivity contribution < 1.29 is 9.59 Å². The number of carbonyl (C=O) groups is 2. The summed E-state index contributed by atoms with van der Waals surface area (Å²) in [5, 5.41) is 7.97. The average molecular weight is 290 g/mol. The first-order valence-corrected chi connectivity index (χ1v) is 7.36. The van der Waals surface area contributed by atoms with Crippen molar-refractivity contribution in [3.63, 3.8) is 0 Å². The lowest BCUT2D eigenvalue weighted by Gasteiger charge is -2.13. The first-order chi connectivity index (χ1) is 9.65. The Balaban J connectivity index is 1.80. The number of H-pyrrole nitrogens is 1. The second kappa shape index (κ2) is 5.24. The zero-order valence-electron chi connectivity index (χ0n) is 11.0. The predicted octanol–water partition coefficient (Wildman–Crippen LogP) is 1.59. The fraction of sp³-hybridized carbons (Fsp3) is 0.385. The predicted molar refractivity (Wildman–Crippen MR) is 77.5 cm³/mol. The Labute approximate surface area is 119 Å². The van der Waals surface area contributed by atoms with E-state index in [1.165, 1.54) is 11.8 Å². The number of nitrogens with zero attached hydrogens (tertiary/aromatic N) is 3. The van der Waals surface area contributed by atoms with Crippen molar-refractivity contribution in [2.75, 3.05) is 17.2 Å². The molecular weight excluding hydrogens is 276 g/mol. The van der Waals surface area contributed by atoms with Crippen LogP contribution in [0.4, 0.5) is 5.82 Å². The van der Waals surface area contributed by atoms with Crippen molar-refractivity contribution in [1.82, 2.24) is 15.2 Å². The van der Waals surface area contributed by atoms with Crippen molar-refractivity contribution >= 4 is 39.6 Å². The van der Waals surface area contributed by atoms with Crippen LogP contribution in [0.15, 0.2) is 18.3 Å². The summed E-state index contributed by atoms with van der Waals surface area (Å²) in [6, 6.07) is 3.72. The number of hydrogen-bond acceptors (Lipinski definition) is 5. The number of amides is 1. The molecule has 0 saturated carbocycles. The van der Waals surface area contributed by atoms with Gasteiger partial charge in [0.25, 0.3) is 0 Å². The summed E-state index contributed by atoms with van der Waals surface area (Å²) >= 11 is 1.28.